The van der Waals surface area contributed by atoms with Gasteiger partial charge in [-0.05, 0) is 83.9 Å². The van der Waals surface area contributed by atoms with Crippen molar-refractivity contribution in [3.63, 3.8) is 0 Å². The van der Waals surface area contributed by atoms with E-state index in [4.69, 9.17) is 0 Å². The Morgan fingerprint density at radius 1 is 0.226 bits per heavy atom. The van der Waals surface area contributed by atoms with E-state index >= 15 is 0 Å². The second-order valence-corrected chi connectivity index (χ2v) is 140. The van der Waals surface area contributed by atoms with Gasteiger partial charge >= 0.3 is 162 Å². The minimum atomic E-state index is -1.78. The van der Waals surface area contributed by atoms with E-state index in [1.54, 1.807) is 0 Å². The molecule has 0 heterocycles. The fourth-order valence-corrected chi connectivity index (χ4v) is 15.7. The molecule has 0 aliphatic rings. The van der Waals surface area contributed by atoms with Crippen molar-refractivity contribution < 1.29 is -0.308 Å². The molecule has 0 aliphatic carbocycles. The maximum absolute atomic E-state index is 2.48. The van der Waals surface area contributed by atoms with Crippen LogP contribution in [-0.2, 0) is 12.0 Å². The van der Waals surface area contributed by atoms with Gasteiger partial charge in [-0.15, -0.1) is 0 Å². The average Bonchev–Trinajstić information content (AvgIpc) is 3.29. The number of benzene rings is 8. The maximum Gasteiger partial charge on any atom is 0.116 e. The van der Waals surface area contributed by atoms with Crippen LogP contribution in [0.5, 0.6) is 0 Å². The Bertz CT molecular complexity index is 2050. The van der Waals surface area contributed by atoms with Crippen molar-refractivity contribution in [3.8, 4) is 0 Å². The zero-order chi connectivity index (χ0) is 44.3. The van der Waals surface area contributed by atoms with Crippen LogP contribution in [0.3, 0.4) is 0 Å². The first-order valence-electron chi connectivity index (χ1n) is 19.1. The predicted octanol–water partition coefficient (Wildman–Crippen LogP) is 17.4. The third-order valence-electron chi connectivity index (χ3n) is 9.71. The van der Waals surface area contributed by atoms with Gasteiger partial charge in [-0.1, -0.05) is 170 Å². The summed E-state index contributed by atoms with van der Waals surface area (Å²) >= 11 is 19.8. The normalized spacial score (nSPS) is 11.9. The summed E-state index contributed by atoms with van der Waals surface area (Å²) in [4.78, 5) is 0. The molecule has 0 saturated heterocycles. The SMILES string of the molecule is [I][Mn-]([I])([I])[I].[I][Mn-]([I])([I])[I].c1ccc(C[P+](c2ccccc2)(c2ccccc2)c2ccccc2)cc1.c1ccc(C[P+](c2ccccc2)(c2ccccc2)c2ccccc2)cc1. The van der Waals surface area contributed by atoms with Crippen LogP contribution in [0.25, 0.3) is 0 Å². The Morgan fingerprint density at radius 2 is 0.355 bits per heavy atom. The summed E-state index contributed by atoms with van der Waals surface area (Å²) in [5, 5.41) is 8.59. The van der Waals surface area contributed by atoms with E-state index in [2.05, 4.69) is 405 Å². The summed E-state index contributed by atoms with van der Waals surface area (Å²) in [7, 11) is -3.55. The summed E-state index contributed by atoms with van der Waals surface area (Å²) in [6.07, 6.45) is 2.07. The molecule has 62 heavy (non-hydrogen) atoms. The molecule has 0 saturated carbocycles. The molecule has 0 spiro atoms. The quantitative estimate of drug-likeness (QED) is 0.0727. The summed E-state index contributed by atoms with van der Waals surface area (Å²) in [5.74, 6) is 0. The molecule has 0 unspecified atom stereocenters. The minimum absolute atomic E-state index is 0.745. The molecule has 0 N–H and O–H groups in total. The van der Waals surface area contributed by atoms with Gasteiger partial charge in [0.15, 0.2) is 0 Å². The second kappa shape index (κ2) is 28.2. The van der Waals surface area contributed by atoms with Crippen LogP contribution in [0, 0.1) is 0 Å². The topological polar surface area (TPSA) is 0 Å². The fourth-order valence-electron chi connectivity index (χ4n) is 7.25. The van der Waals surface area contributed by atoms with Gasteiger partial charge in [-0.25, -0.2) is 0 Å². The molecule has 324 valence electrons. The summed E-state index contributed by atoms with van der Waals surface area (Å²) in [6, 6.07) is 88.1. The Kier molecular flexibility index (Phi) is 24.8. The van der Waals surface area contributed by atoms with Crippen molar-refractivity contribution in [3.05, 3.63) is 254 Å². The van der Waals surface area contributed by atoms with Crippen LogP contribution in [-0.4, -0.2) is 0 Å². The first kappa shape index (κ1) is 54.4. The van der Waals surface area contributed by atoms with Crippen LogP contribution in [0.4, 0.5) is 0 Å². The van der Waals surface area contributed by atoms with Crippen molar-refractivity contribution in [1.82, 2.24) is 0 Å². The van der Waals surface area contributed by atoms with Gasteiger partial charge in [-0.3, -0.25) is 0 Å². The zero-order valence-electron chi connectivity index (χ0n) is 33.2. The Labute approximate surface area is 466 Å². The van der Waals surface area contributed by atoms with Crippen molar-refractivity contribution in [1.29, 1.82) is 0 Å². The van der Waals surface area contributed by atoms with Crippen LogP contribution in [0.15, 0.2) is 243 Å². The van der Waals surface area contributed by atoms with Gasteiger partial charge in [0.25, 0.3) is 0 Å². The van der Waals surface area contributed by atoms with Crippen molar-refractivity contribution >= 4 is 209 Å². The molecular weight excluding hydrogens is 1790 g/mol. The molecule has 0 aromatic heterocycles. The van der Waals surface area contributed by atoms with Gasteiger partial charge in [0.05, 0.1) is 12.3 Å². The van der Waals surface area contributed by atoms with Crippen LogP contribution < -0.4 is 31.8 Å². The molecule has 0 amide bonds. The third-order valence-corrected chi connectivity index (χ3v) is 18.5. The van der Waals surface area contributed by atoms with Gasteiger partial charge in [0, 0.05) is 0 Å². The molecule has 0 radical (unpaired) electrons. The Morgan fingerprint density at radius 3 is 0.500 bits per heavy atom. The molecule has 0 bridgehead atoms. The minimum Gasteiger partial charge on any atom is -0.0622 e. The van der Waals surface area contributed by atoms with Gasteiger partial charge in [0.1, 0.15) is 46.4 Å². The van der Waals surface area contributed by atoms with Crippen LogP contribution in [0.2, 0.25) is 0 Å². The van der Waals surface area contributed by atoms with E-state index in [9.17, 15) is 0 Å². The van der Waals surface area contributed by atoms with Gasteiger partial charge < -0.3 is 0 Å². The molecular formula is C50H44I8Mn2P2. The number of rotatable bonds is 10. The van der Waals surface area contributed by atoms with E-state index in [0.717, 1.165) is 12.3 Å². The first-order valence-corrected chi connectivity index (χ1v) is 53.5. The van der Waals surface area contributed by atoms with Crippen LogP contribution in [0.1, 0.15) is 11.1 Å². The zero-order valence-corrected chi connectivity index (χ0v) is 54.6. The molecule has 0 atom stereocenters. The molecule has 12 heteroatoms. The average molecular weight is 1830 g/mol. The standard InChI is InChI=1S/2C25H22P.8HI.2Mn/c2*1-5-13-22(14-6-1)21-26(23-15-7-2-8-16-23,24-17-9-3-10-18-24)25-19-11-4-12-20-25;;;;;;;;;;/h2*1-20H,21H2;8*1H;;/q2*+1;;;;;;;;;2*+3/p-8. The van der Waals surface area contributed by atoms with Gasteiger partial charge in [-0.2, -0.15) is 0 Å². The number of hydrogen-bond acceptors (Lipinski definition) is 0. The van der Waals surface area contributed by atoms with Gasteiger partial charge in [0.2, 0.25) is 0 Å². The molecule has 8 rings (SSSR count). The molecule has 8 aromatic rings. The summed E-state index contributed by atoms with van der Waals surface area (Å²) in [6.45, 7) is 0. The number of hydrogen-bond donors (Lipinski definition) is 0. The summed E-state index contributed by atoms with van der Waals surface area (Å²) < 4.78 is -1.49. The van der Waals surface area contributed by atoms with Crippen molar-refractivity contribution in [2.45, 2.75) is 12.3 Å². The third kappa shape index (κ3) is 18.1. The summed E-state index contributed by atoms with van der Waals surface area (Å²) in [5.41, 5.74) is 2.77. The second-order valence-electron chi connectivity index (χ2n) is 13.6. The fraction of sp³-hybridized carbons (Fsp3) is 0.0400. The van der Waals surface area contributed by atoms with Crippen molar-refractivity contribution in [2.24, 2.45) is 0 Å². The molecule has 8 aromatic carbocycles. The molecule has 0 fully saturated rings. The van der Waals surface area contributed by atoms with E-state index < -0.39 is 14.2 Å². The van der Waals surface area contributed by atoms with Crippen LogP contribution >= 0.6 is 177 Å². The van der Waals surface area contributed by atoms with E-state index in [1.807, 2.05) is 0 Å². The molecule has 0 aliphatic heterocycles. The largest absolute Gasteiger partial charge is 0.116 e. The Balaban J connectivity index is 0.000000193. The van der Waals surface area contributed by atoms with E-state index in [-0.39, 0.29) is 0 Å². The predicted molar refractivity (Wildman–Crippen MR) is 343 cm³/mol. The van der Waals surface area contributed by atoms with Crippen molar-refractivity contribution in [2.75, 3.05) is 0 Å². The maximum atomic E-state index is 2.48. The van der Waals surface area contributed by atoms with E-state index in [1.165, 1.54) is 43.0 Å². The monoisotopic (exact) mass is 1830 g/mol. The number of halogens is 8. The smallest absolute Gasteiger partial charge is 0.0622 e. The van der Waals surface area contributed by atoms with E-state index in [0.29, 0.717) is 0 Å². The Hall–Kier alpha value is 1.50. The molecule has 0 nitrogen and oxygen atoms in total. The first-order chi connectivity index (χ1) is 29.8.